The van der Waals surface area contributed by atoms with Gasteiger partial charge in [0.25, 0.3) is 0 Å². The van der Waals surface area contributed by atoms with Crippen LogP contribution in [0, 0.1) is 11.8 Å². The molecule has 2 saturated carbocycles. The third-order valence-corrected chi connectivity index (χ3v) is 8.69. The van der Waals surface area contributed by atoms with Crippen molar-refractivity contribution in [1.82, 2.24) is 15.0 Å². The molecule has 0 atom stereocenters. The summed E-state index contributed by atoms with van der Waals surface area (Å²) < 4.78 is 82.0. The molecule has 3 aromatic rings. The highest BCUT2D eigenvalue weighted by atomic mass is 19.4. The van der Waals surface area contributed by atoms with Crippen LogP contribution >= 0.6 is 0 Å². The second-order valence-corrected chi connectivity index (χ2v) is 13.0. The van der Waals surface area contributed by atoms with Gasteiger partial charge in [0.15, 0.2) is 0 Å². The lowest BCUT2D eigenvalue weighted by molar-refractivity contribution is -0.143. The van der Waals surface area contributed by atoms with Crippen LogP contribution in [0.15, 0.2) is 42.7 Å². The van der Waals surface area contributed by atoms with Gasteiger partial charge in [0.2, 0.25) is 5.95 Å². The van der Waals surface area contributed by atoms with Gasteiger partial charge >= 0.3 is 12.4 Å². The molecule has 0 N–H and O–H groups in total. The van der Waals surface area contributed by atoms with Gasteiger partial charge in [0.1, 0.15) is 5.82 Å². The van der Waals surface area contributed by atoms with Crippen molar-refractivity contribution in [3.63, 3.8) is 0 Å². The molecule has 1 aromatic carbocycles. The van der Waals surface area contributed by atoms with E-state index in [1.165, 1.54) is 38.1 Å². The Kier molecular flexibility index (Phi) is 7.57. The fourth-order valence-electron chi connectivity index (χ4n) is 5.99. The normalized spacial score (nSPS) is 18.0. The van der Waals surface area contributed by atoms with Gasteiger partial charge in [-0.2, -0.15) is 26.3 Å². The fourth-order valence-corrected chi connectivity index (χ4v) is 5.99. The van der Waals surface area contributed by atoms with E-state index in [1.54, 1.807) is 11.0 Å². The summed E-state index contributed by atoms with van der Waals surface area (Å²) in [5.74, 6) is 2.29. The number of halogens is 6. The number of aryl methyl sites for hydroxylation is 1. The first kappa shape index (κ1) is 29.7. The zero-order chi connectivity index (χ0) is 30.6. The van der Waals surface area contributed by atoms with E-state index in [9.17, 15) is 26.3 Å². The van der Waals surface area contributed by atoms with Crippen LogP contribution in [0.4, 0.5) is 38.1 Å². The zero-order valence-electron chi connectivity index (χ0n) is 24.3. The first-order valence-electron chi connectivity index (χ1n) is 14.8. The van der Waals surface area contributed by atoms with E-state index in [0.717, 1.165) is 60.7 Å². The van der Waals surface area contributed by atoms with Crippen LogP contribution in [-0.4, -0.2) is 28.0 Å². The Hall–Kier alpha value is -3.37. The molecular formula is C32H35F6N5. The Morgan fingerprint density at radius 2 is 1.37 bits per heavy atom. The largest absolute Gasteiger partial charge is 0.416 e. The molecule has 5 nitrogen and oxygen atoms in total. The van der Waals surface area contributed by atoms with E-state index in [1.807, 2.05) is 0 Å². The minimum Gasteiger partial charge on any atom is -0.356 e. The molecule has 0 amide bonds. The third kappa shape index (κ3) is 6.91. The maximum Gasteiger partial charge on any atom is 0.416 e. The van der Waals surface area contributed by atoms with E-state index in [-0.39, 0.29) is 36.1 Å². The van der Waals surface area contributed by atoms with E-state index in [4.69, 9.17) is 4.98 Å². The van der Waals surface area contributed by atoms with Gasteiger partial charge < -0.3 is 9.80 Å². The first-order chi connectivity index (χ1) is 20.3. The van der Waals surface area contributed by atoms with Crippen molar-refractivity contribution in [2.45, 2.75) is 83.2 Å². The molecule has 0 aliphatic heterocycles. The minimum absolute atomic E-state index is 0.0816. The van der Waals surface area contributed by atoms with Gasteiger partial charge in [0.05, 0.1) is 16.8 Å². The monoisotopic (exact) mass is 603 g/mol. The summed E-state index contributed by atoms with van der Waals surface area (Å²) in [7, 11) is 0. The summed E-state index contributed by atoms with van der Waals surface area (Å²) in [5.41, 5.74) is 0.197. The first-order valence-corrected chi connectivity index (χ1v) is 14.8. The molecule has 2 heterocycles. The van der Waals surface area contributed by atoms with Crippen LogP contribution in [0.1, 0.15) is 79.5 Å². The van der Waals surface area contributed by atoms with Crippen LogP contribution in [0.5, 0.6) is 0 Å². The maximum absolute atomic E-state index is 13.7. The van der Waals surface area contributed by atoms with Gasteiger partial charge in [-0.3, -0.25) is 0 Å². The van der Waals surface area contributed by atoms with Crippen molar-refractivity contribution in [2.75, 3.05) is 22.9 Å². The molecule has 0 bridgehead atoms. The van der Waals surface area contributed by atoms with Crippen molar-refractivity contribution in [1.29, 1.82) is 0 Å². The van der Waals surface area contributed by atoms with Gasteiger partial charge in [-0.05, 0) is 91.8 Å². The van der Waals surface area contributed by atoms with Crippen LogP contribution in [0.3, 0.4) is 0 Å². The highest BCUT2D eigenvalue weighted by molar-refractivity contribution is 5.55. The lowest BCUT2D eigenvalue weighted by Gasteiger charge is -2.31. The quantitative estimate of drug-likeness (QED) is 0.220. The van der Waals surface area contributed by atoms with Crippen LogP contribution < -0.4 is 9.80 Å². The van der Waals surface area contributed by atoms with Gasteiger partial charge in [-0.25, -0.2) is 15.0 Å². The summed E-state index contributed by atoms with van der Waals surface area (Å²) in [5, 5.41) is 0. The summed E-state index contributed by atoms with van der Waals surface area (Å²) in [4.78, 5) is 18.0. The van der Waals surface area contributed by atoms with E-state index in [2.05, 4.69) is 34.8 Å². The molecule has 3 aliphatic rings. The fraction of sp³-hybridized carbons (Fsp3) is 0.531. The predicted molar refractivity (Wildman–Crippen MR) is 152 cm³/mol. The van der Waals surface area contributed by atoms with Gasteiger partial charge in [-0.15, -0.1) is 0 Å². The summed E-state index contributed by atoms with van der Waals surface area (Å²) >= 11 is 0. The molecule has 0 radical (unpaired) electrons. The molecule has 0 spiro atoms. The number of benzene rings is 1. The lowest BCUT2D eigenvalue weighted by Crippen LogP contribution is -2.33. The predicted octanol–water partition coefficient (Wildman–Crippen LogP) is 7.97. The molecule has 0 unspecified atom stereocenters. The minimum atomic E-state index is -4.93. The molecule has 43 heavy (non-hydrogen) atoms. The summed E-state index contributed by atoms with van der Waals surface area (Å²) in [6, 6.07) is 5.47. The van der Waals surface area contributed by atoms with Gasteiger partial charge in [-0.1, -0.05) is 13.8 Å². The molecule has 6 rings (SSSR count). The molecule has 230 valence electrons. The van der Waals surface area contributed by atoms with Crippen LogP contribution in [-0.2, 0) is 37.3 Å². The average molecular weight is 604 g/mol. The summed E-state index contributed by atoms with van der Waals surface area (Å²) in [6.07, 6.45) is -0.319. The molecule has 11 heteroatoms. The lowest BCUT2D eigenvalue weighted by atomic mass is 9.90. The Labute approximate surface area is 247 Å². The van der Waals surface area contributed by atoms with Crippen molar-refractivity contribution in [3.8, 4) is 0 Å². The smallest absolute Gasteiger partial charge is 0.356 e. The average Bonchev–Trinajstić information content (AvgIpc) is 3.88. The molecule has 2 fully saturated rings. The number of hydrogen-bond acceptors (Lipinski definition) is 5. The van der Waals surface area contributed by atoms with Crippen molar-refractivity contribution >= 4 is 11.8 Å². The molecule has 0 saturated heterocycles. The van der Waals surface area contributed by atoms with Crippen molar-refractivity contribution in [3.05, 3.63) is 76.2 Å². The topological polar surface area (TPSA) is 45.2 Å². The number of anilines is 2. The standard InChI is InChI=1S/C32H35F6N5/c1-30(2)9-8-23-14-24(28(41-27(23)30)42(16-20-4-5-20)17-21-6-7-21)19-43(29-39-10-3-11-40-29)18-22-12-25(31(33,34)35)15-26(13-22)32(36,37)38/h3,10-15,20-21H,4-9,16-19H2,1-2H3. The van der Waals surface area contributed by atoms with Crippen molar-refractivity contribution < 1.29 is 26.3 Å². The van der Waals surface area contributed by atoms with Crippen LogP contribution in [0.2, 0.25) is 0 Å². The number of aromatic nitrogens is 3. The molecule has 2 aromatic heterocycles. The number of fused-ring (bicyclic) bond motifs is 1. The second-order valence-electron chi connectivity index (χ2n) is 13.0. The Balaban J connectivity index is 1.42. The second kappa shape index (κ2) is 11.0. The Morgan fingerprint density at radius 1 is 0.791 bits per heavy atom. The number of rotatable bonds is 10. The SMILES string of the molecule is CC1(C)CCc2cc(CN(Cc3cc(C(F)(F)F)cc(C(F)(F)F)c3)c3ncccn3)c(N(CC3CC3)CC3CC3)nc21. The number of pyridine rings is 1. The van der Waals surface area contributed by atoms with E-state index in [0.29, 0.717) is 11.8 Å². The Bertz CT molecular complexity index is 1420. The summed E-state index contributed by atoms with van der Waals surface area (Å²) in [6.45, 7) is 6.10. The van der Waals surface area contributed by atoms with Gasteiger partial charge in [0, 0.05) is 49.6 Å². The number of alkyl halides is 6. The molecular weight excluding hydrogens is 568 g/mol. The number of hydrogen-bond donors (Lipinski definition) is 0. The zero-order valence-corrected chi connectivity index (χ0v) is 24.3. The number of nitrogens with zero attached hydrogens (tertiary/aromatic N) is 5. The highest BCUT2D eigenvalue weighted by Crippen LogP contribution is 2.42. The van der Waals surface area contributed by atoms with Crippen LogP contribution in [0.25, 0.3) is 0 Å². The highest BCUT2D eigenvalue weighted by Gasteiger charge is 2.38. The van der Waals surface area contributed by atoms with E-state index >= 15 is 0 Å². The van der Waals surface area contributed by atoms with Crippen molar-refractivity contribution in [2.24, 2.45) is 11.8 Å². The Morgan fingerprint density at radius 3 is 1.91 bits per heavy atom. The van der Waals surface area contributed by atoms with E-state index < -0.39 is 23.5 Å². The molecule has 3 aliphatic carbocycles. The maximum atomic E-state index is 13.7. The third-order valence-electron chi connectivity index (χ3n) is 8.69.